The number of hydrogen-bond donors (Lipinski definition) is 0. The lowest BCUT2D eigenvalue weighted by Gasteiger charge is -2.34. The maximum absolute atomic E-state index is 12.8. The molecule has 0 bridgehead atoms. The van der Waals surface area contributed by atoms with E-state index in [-0.39, 0.29) is 11.7 Å². The van der Waals surface area contributed by atoms with E-state index in [0.717, 1.165) is 11.3 Å². The number of para-hydroxylation sites is 1. The number of amides is 1. The van der Waals surface area contributed by atoms with Crippen LogP contribution in [0.3, 0.4) is 0 Å². The van der Waals surface area contributed by atoms with E-state index in [1.807, 2.05) is 38.1 Å². The molecule has 0 N–H and O–H groups in total. The standard InChI is InChI=1S/C16H21NO3/c1-16(2,13-6-4-5-7-14(13)20-3)15(19)17-10-8-12(18)9-11-17/h4-7H,8-11H2,1-3H3. The van der Waals surface area contributed by atoms with Gasteiger partial charge in [0.05, 0.1) is 12.5 Å². The number of carbonyl (C=O) groups is 2. The van der Waals surface area contributed by atoms with Crippen molar-refractivity contribution in [2.24, 2.45) is 0 Å². The number of methoxy groups -OCH3 is 1. The maximum atomic E-state index is 12.8. The summed E-state index contributed by atoms with van der Waals surface area (Å²) in [5, 5.41) is 0. The highest BCUT2D eigenvalue weighted by molar-refractivity contribution is 5.90. The molecule has 4 heteroatoms. The fourth-order valence-corrected chi connectivity index (χ4v) is 2.63. The molecule has 1 aliphatic heterocycles. The van der Waals surface area contributed by atoms with Crippen LogP contribution >= 0.6 is 0 Å². The van der Waals surface area contributed by atoms with Crippen LogP contribution in [-0.4, -0.2) is 36.8 Å². The second kappa shape index (κ2) is 5.65. The van der Waals surface area contributed by atoms with Crippen molar-refractivity contribution in [3.8, 4) is 5.75 Å². The summed E-state index contributed by atoms with van der Waals surface area (Å²) in [6.45, 7) is 4.86. The number of ketones is 1. The van der Waals surface area contributed by atoms with Crippen molar-refractivity contribution < 1.29 is 14.3 Å². The molecule has 1 aromatic carbocycles. The molecule has 1 amide bonds. The molecule has 0 saturated carbocycles. The van der Waals surface area contributed by atoms with Crippen molar-refractivity contribution in [3.63, 3.8) is 0 Å². The highest BCUT2D eigenvalue weighted by Crippen LogP contribution is 2.33. The lowest BCUT2D eigenvalue weighted by Crippen LogP contribution is -2.47. The molecule has 1 aliphatic rings. The summed E-state index contributed by atoms with van der Waals surface area (Å²) >= 11 is 0. The predicted molar refractivity (Wildman–Crippen MR) is 76.8 cm³/mol. The number of likely N-dealkylation sites (tertiary alicyclic amines) is 1. The summed E-state index contributed by atoms with van der Waals surface area (Å²) in [7, 11) is 1.61. The lowest BCUT2D eigenvalue weighted by atomic mass is 9.82. The minimum absolute atomic E-state index is 0.0505. The van der Waals surface area contributed by atoms with Gasteiger partial charge in [-0.3, -0.25) is 9.59 Å². The molecule has 1 fully saturated rings. The number of nitrogens with zero attached hydrogens (tertiary/aromatic N) is 1. The van der Waals surface area contributed by atoms with Crippen LogP contribution < -0.4 is 4.74 Å². The average Bonchev–Trinajstić information content (AvgIpc) is 2.47. The molecule has 0 spiro atoms. The van der Waals surface area contributed by atoms with Gasteiger partial charge in [-0.05, 0) is 19.9 Å². The molecule has 1 aromatic rings. The summed E-state index contributed by atoms with van der Waals surface area (Å²) in [6.07, 6.45) is 0.932. The van der Waals surface area contributed by atoms with E-state index in [1.54, 1.807) is 12.0 Å². The number of Topliss-reactive ketones (excluding diaryl/α,β-unsaturated/α-hetero) is 1. The van der Waals surface area contributed by atoms with Gasteiger partial charge < -0.3 is 9.64 Å². The molecule has 0 atom stereocenters. The molecule has 1 heterocycles. The van der Waals surface area contributed by atoms with Crippen molar-refractivity contribution in [1.82, 2.24) is 4.90 Å². The molecule has 0 aliphatic carbocycles. The van der Waals surface area contributed by atoms with Crippen LogP contribution in [-0.2, 0) is 15.0 Å². The van der Waals surface area contributed by atoms with E-state index in [0.29, 0.717) is 25.9 Å². The molecule has 4 nitrogen and oxygen atoms in total. The lowest BCUT2D eigenvalue weighted by molar-refractivity contribution is -0.139. The second-order valence-electron chi connectivity index (χ2n) is 5.66. The number of ether oxygens (including phenoxy) is 1. The third-order valence-corrected chi connectivity index (χ3v) is 3.92. The summed E-state index contributed by atoms with van der Waals surface area (Å²) in [5.41, 5.74) is 0.219. The van der Waals surface area contributed by atoms with Gasteiger partial charge in [-0.15, -0.1) is 0 Å². The van der Waals surface area contributed by atoms with Crippen molar-refractivity contribution in [3.05, 3.63) is 29.8 Å². The summed E-state index contributed by atoms with van der Waals surface area (Å²) in [4.78, 5) is 25.8. The fourth-order valence-electron chi connectivity index (χ4n) is 2.63. The summed E-state index contributed by atoms with van der Waals surface area (Å²) in [5.74, 6) is 1.01. The number of benzene rings is 1. The third kappa shape index (κ3) is 2.69. The smallest absolute Gasteiger partial charge is 0.232 e. The zero-order valence-corrected chi connectivity index (χ0v) is 12.3. The van der Waals surface area contributed by atoms with E-state index in [9.17, 15) is 9.59 Å². The third-order valence-electron chi connectivity index (χ3n) is 3.92. The van der Waals surface area contributed by atoms with Crippen molar-refractivity contribution in [2.45, 2.75) is 32.1 Å². The van der Waals surface area contributed by atoms with Gasteiger partial charge in [0.2, 0.25) is 5.91 Å². The highest BCUT2D eigenvalue weighted by atomic mass is 16.5. The van der Waals surface area contributed by atoms with Gasteiger partial charge in [0.25, 0.3) is 0 Å². The normalized spacial score (nSPS) is 16.1. The Kier molecular flexibility index (Phi) is 4.12. The fraction of sp³-hybridized carbons (Fsp3) is 0.500. The van der Waals surface area contributed by atoms with Crippen molar-refractivity contribution in [2.75, 3.05) is 20.2 Å². The topological polar surface area (TPSA) is 46.6 Å². The molecule has 0 radical (unpaired) electrons. The van der Waals surface area contributed by atoms with E-state index in [2.05, 4.69) is 0 Å². The minimum atomic E-state index is -0.660. The van der Waals surface area contributed by atoms with Crippen LogP contribution in [0.4, 0.5) is 0 Å². The van der Waals surface area contributed by atoms with E-state index < -0.39 is 5.41 Å². The van der Waals surface area contributed by atoms with Crippen LogP contribution in [0.2, 0.25) is 0 Å². The van der Waals surface area contributed by atoms with E-state index >= 15 is 0 Å². The van der Waals surface area contributed by atoms with Crippen LogP contribution in [0.5, 0.6) is 5.75 Å². The SMILES string of the molecule is COc1ccccc1C(C)(C)C(=O)N1CCC(=O)CC1. The Morgan fingerprint density at radius 1 is 1.20 bits per heavy atom. The van der Waals surface area contributed by atoms with Crippen molar-refractivity contribution >= 4 is 11.7 Å². The Hall–Kier alpha value is -1.84. The zero-order valence-electron chi connectivity index (χ0n) is 12.3. The number of rotatable bonds is 3. The molecule has 2 rings (SSSR count). The Balaban J connectivity index is 2.25. The maximum Gasteiger partial charge on any atom is 0.232 e. The first-order valence-corrected chi connectivity index (χ1v) is 6.91. The number of hydrogen-bond acceptors (Lipinski definition) is 3. The Morgan fingerprint density at radius 2 is 1.80 bits per heavy atom. The van der Waals surface area contributed by atoms with Gasteiger partial charge in [-0.2, -0.15) is 0 Å². The predicted octanol–water partition coefficient (Wildman–Crippen LogP) is 2.16. The first-order valence-electron chi connectivity index (χ1n) is 6.91. The van der Waals surface area contributed by atoms with Crippen molar-refractivity contribution in [1.29, 1.82) is 0 Å². The Labute approximate surface area is 119 Å². The second-order valence-corrected chi connectivity index (χ2v) is 5.66. The van der Waals surface area contributed by atoms with Gasteiger partial charge in [-0.25, -0.2) is 0 Å². The first kappa shape index (κ1) is 14.6. The van der Waals surface area contributed by atoms with Gasteiger partial charge in [0.15, 0.2) is 0 Å². The molecule has 0 aromatic heterocycles. The van der Waals surface area contributed by atoms with E-state index in [4.69, 9.17) is 4.74 Å². The van der Waals surface area contributed by atoms with E-state index in [1.165, 1.54) is 0 Å². The molecule has 20 heavy (non-hydrogen) atoms. The minimum Gasteiger partial charge on any atom is -0.496 e. The van der Waals surface area contributed by atoms with Gasteiger partial charge in [0.1, 0.15) is 11.5 Å². The number of carbonyl (C=O) groups excluding carboxylic acids is 2. The van der Waals surface area contributed by atoms with Gasteiger partial charge in [0, 0.05) is 31.5 Å². The molecular formula is C16H21NO3. The Morgan fingerprint density at radius 3 is 2.40 bits per heavy atom. The average molecular weight is 275 g/mol. The van der Waals surface area contributed by atoms with Crippen LogP contribution in [0.15, 0.2) is 24.3 Å². The number of piperidine rings is 1. The summed E-state index contributed by atoms with van der Waals surface area (Å²) in [6, 6.07) is 7.59. The highest BCUT2D eigenvalue weighted by Gasteiger charge is 2.36. The molecule has 1 saturated heterocycles. The van der Waals surface area contributed by atoms with Gasteiger partial charge in [-0.1, -0.05) is 18.2 Å². The summed E-state index contributed by atoms with van der Waals surface area (Å²) < 4.78 is 5.36. The van der Waals surface area contributed by atoms with Gasteiger partial charge >= 0.3 is 0 Å². The zero-order chi connectivity index (χ0) is 14.8. The van der Waals surface area contributed by atoms with Crippen LogP contribution in [0, 0.1) is 0 Å². The van der Waals surface area contributed by atoms with Crippen LogP contribution in [0.25, 0.3) is 0 Å². The quantitative estimate of drug-likeness (QED) is 0.849. The molecular weight excluding hydrogens is 254 g/mol. The molecule has 0 unspecified atom stereocenters. The largest absolute Gasteiger partial charge is 0.496 e. The monoisotopic (exact) mass is 275 g/mol. The molecule has 108 valence electrons. The Bertz CT molecular complexity index is 512. The van der Waals surface area contributed by atoms with Crippen LogP contribution in [0.1, 0.15) is 32.3 Å². The first-order chi connectivity index (χ1) is 9.46.